The van der Waals surface area contributed by atoms with Crippen LogP contribution in [0.2, 0.25) is 5.02 Å². The second kappa shape index (κ2) is 9.06. The van der Waals surface area contributed by atoms with Gasteiger partial charge in [0.1, 0.15) is 11.6 Å². The van der Waals surface area contributed by atoms with Gasteiger partial charge in [-0.3, -0.25) is 4.79 Å². The minimum atomic E-state index is -0.536. The van der Waals surface area contributed by atoms with E-state index in [0.717, 1.165) is 4.47 Å². The summed E-state index contributed by atoms with van der Waals surface area (Å²) >= 11 is 12.8. The average molecular weight is 544 g/mol. The summed E-state index contributed by atoms with van der Waals surface area (Å²) in [7, 11) is 1.27. The van der Waals surface area contributed by atoms with Crippen LogP contribution in [0, 0.1) is 6.92 Å². The Kier molecular flexibility index (Phi) is 6.71. The van der Waals surface area contributed by atoms with Crippen LogP contribution >= 0.6 is 43.5 Å². The van der Waals surface area contributed by atoms with E-state index in [0.29, 0.717) is 37.5 Å². The van der Waals surface area contributed by atoms with E-state index in [-0.39, 0.29) is 12.2 Å². The van der Waals surface area contributed by atoms with Crippen molar-refractivity contribution in [2.75, 3.05) is 13.7 Å². The minimum Gasteiger partial charge on any atom is -0.480 e. The maximum atomic E-state index is 12.9. The predicted molar refractivity (Wildman–Crippen MR) is 118 cm³/mol. The number of carbonyl (C=O) groups is 1. The van der Waals surface area contributed by atoms with Gasteiger partial charge >= 0.3 is 5.97 Å². The van der Waals surface area contributed by atoms with Gasteiger partial charge in [-0.1, -0.05) is 27.5 Å². The molecule has 3 rings (SSSR count). The summed E-state index contributed by atoms with van der Waals surface area (Å²) in [5, 5.41) is 5.12. The zero-order valence-electron chi connectivity index (χ0n) is 15.3. The number of aromatic nitrogens is 2. The molecule has 0 aliphatic rings. The quantitative estimate of drug-likeness (QED) is 0.354. The standard InChI is InChI=1S/C19H14Br2ClN3O4/c1-10-24-16-4-3-12(20)6-14(16)19(27)25(10)23-8-11-5-13(22)7-15(21)18(11)29-9-17(26)28-2/h3-8H,9H2,1-2H3. The fourth-order valence-corrected chi connectivity index (χ4v) is 3.84. The van der Waals surface area contributed by atoms with Gasteiger partial charge in [-0.15, -0.1) is 0 Å². The van der Waals surface area contributed by atoms with E-state index in [1.165, 1.54) is 18.0 Å². The smallest absolute Gasteiger partial charge is 0.343 e. The molecule has 0 fully saturated rings. The molecule has 0 saturated heterocycles. The maximum absolute atomic E-state index is 12.9. The van der Waals surface area contributed by atoms with Gasteiger partial charge in [0.15, 0.2) is 6.61 Å². The summed E-state index contributed by atoms with van der Waals surface area (Å²) in [6.45, 7) is 1.39. The number of benzene rings is 2. The lowest BCUT2D eigenvalue weighted by Gasteiger charge is -2.11. The van der Waals surface area contributed by atoms with Crippen molar-refractivity contribution >= 4 is 66.5 Å². The predicted octanol–water partition coefficient (Wildman–Crippen LogP) is 4.32. The fourth-order valence-electron chi connectivity index (χ4n) is 2.53. The van der Waals surface area contributed by atoms with Crippen LogP contribution in [0.1, 0.15) is 11.4 Å². The second-order valence-electron chi connectivity index (χ2n) is 5.85. The summed E-state index contributed by atoms with van der Waals surface area (Å²) in [6, 6.07) is 8.49. The Bertz CT molecular complexity index is 1190. The van der Waals surface area contributed by atoms with Crippen LogP contribution in [0.3, 0.4) is 0 Å². The number of hydrogen-bond donors (Lipinski definition) is 0. The van der Waals surface area contributed by atoms with Gasteiger partial charge in [-0.25, -0.2) is 9.78 Å². The van der Waals surface area contributed by atoms with Gasteiger partial charge in [0.05, 0.1) is 28.7 Å². The van der Waals surface area contributed by atoms with E-state index in [4.69, 9.17) is 16.3 Å². The molecule has 7 nitrogen and oxygen atoms in total. The molecule has 0 N–H and O–H groups in total. The number of halogens is 3. The molecule has 0 spiro atoms. The Labute approximate surface area is 187 Å². The number of aryl methyl sites for hydroxylation is 1. The largest absolute Gasteiger partial charge is 0.480 e. The molecule has 0 aliphatic heterocycles. The number of fused-ring (bicyclic) bond motifs is 1. The molecule has 0 unspecified atom stereocenters. The van der Waals surface area contributed by atoms with Crippen molar-refractivity contribution in [3.63, 3.8) is 0 Å². The Hall–Kier alpha value is -2.23. The number of nitrogens with zero attached hydrogens (tertiary/aromatic N) is 3. The molecule has 2 aromatic carbocycles. The lowest BCUT2D eigenvalue weighted by Crippen LogP contribution is -2.20. The lowest BCUT2D eigenvalue weighted by atomic mass is 10.2. The zero-order chi connectivity index (χ0) is 21.1. The SMILES string of the molecule is COC(=O)COc1c(Br)cc(Cl)cc1C=Nn1c(C)nc2ccc(Br)cc2c1=O. The van der Waals surface area contributed by atoms with Crippen LogP contribution in [0.25, 0.3) is 10.9 Å². The van der Waals surface area contributed by atoms with Crippen molar-refractivity contribution in [1.82, 2.24) is 9.66 Å². The second-order valence-corrected chi connectivity index (χ2v) is 8.06. The molecule has 1 heterocycles. The minimum absolute atomic E-state index is 0.290. The van der Waals surface area contributed by atoms with E-state index in [1.807, 2.05) is 6.07 Å². The number of hydrogen-bond acceptors (Lipinski definition) is 6. The number of esters is 1. The third kappa shape index (κ3) is 4.85. The van der Waals surface area contributed by atoms with Crippen molar-refractivity contribution < 1.29 is 14.3 Å². The molecule has 10 heteroatoms. The first-order valence-electron chi connectivity index (χ1n) is 8.22. The topological polar surface area (TPSA) is 82.8 Å². The third-order valence-electron chi connectivity index (χ3n) is 3.88. The van der Waals surface area contributed by atoms with Crippen LogP contribution in [-0.4, -0.2) is 35.6 Å². The average Bonchev–Trinajstić information content (AvgIpc) is 2.67. The van der Waals surface area contributed by atoms with Crippen LogP contribution in [0.4, 0.5) is 0 Å². The zero-order valence-corrected chi connectivity index (χ0v) is 19.2. The summed E-state index contributed by atoms with van der Waals surface area (Å²) in [4.78, 5) is 28.7. The van der Waals surface area contributed by atoms with E-state index >= 15 is 0 Å². The van der Waals surface area contributed by atoms with Crippen molar-refractivity contribution in [2.24, 2.45) is 5.10 Å². The Morgan fingerprint density at radius 1 is 1.31 bits per heavy atom. The summed E-state index contributed by atoms with van der Waals surface area (Å²) in [5.74, 6) is 0.219. The number of methoxy groups -OCH3 is 1. The summed E-state index contributed by atoms with van der Waals surface area (Å²) in [5.41, 5.74) is 0.729. The van der Waals surface area contributed by atoms with Crippen molar-refractivity contribution in [1.29, 1.82) is 0 Å². The highest BCUT2D eigenvalue weighted by Crippen LogP contribution is 2.32. The number of carbonyl (C=O) groups excluding carboxylic acids is 1. The molecule has 1 aromatic heterocycles. The Morgan fingerprint density at radius 3 is 2.79 bits per heavy atom. The Morgan fingerprint density at radius 2 is 2.07 bits per heavy atom. The first kappa shape index (κ1) is 21.5. The van der Waals surface area contributed by atoms with Gasteiger partial charge < -0.3 is 9.47 Å². The Balaban J connectivity index is 2.06. The molecule has 0 bridgehead atoms. The summed E-state index contributed by atoms with van der Waals surface area (Å²) < 4.78 is 12.6. The first-order valence-corrected chi connectivity index (χ1v) is 10.2. The van der Waals surface area contributed by atoms with E-state index < -0.39 is 5.97 Å². The first-order chi connectivity index (χ1) is 13.8. The van der Waals surface area contributed by atoms with Crippen molar-refractivity contribution in [2.45, 2.75) is 6.92 Å². The number of ether oxygens (including phenoxy) is 2. The molecule has 0 aliphatic carbocycles. The lowest BCUT2D eigenvalue weighted by molar-refractivity contribution is -0.142. The normalized spacial score (nSPS) is 11.2. The van der Waals surface area contributed by atoms with Crippen LogP contribution in [0.15, 0.2) is 49.2 Å². The highest BCUT2D eigenvalue weighted by atomic mass is 79.9. The van der Waals surface area contributed by atoms with Crippen molar-refractivity contribution in [3.8, 4) is 5.75 Å². The van der Waals surface area contributed by atoms with Crippen LogP contribution in [-0.2, 0) is 9.53 Å². The molecular formula is C19H14Br2ClN3O4. The molecule has 0 radical (unpaired) electrons. The molecule has 0 saturated carbocycles. The van der Waals surface area contributed by atoms with Gasteiger partial charge in [0, 0.05) is 15.1 Å². The van der Waals surface area contributed by atoms with Gasteiger partial charge in [0.25, 0.3) is 5.56 Å². The molecule has 150 valence electrons. The molecular weight excluding hydrogens is 529 g/mol. The molecule has 0 atom stereocenters. The van der Waals surface area contributed by atoms with Gasteiger partial charge in [0.2, 0.25) is 0 Å². The van der Waals surface area contributed by atoms with Gasteiger partial charge in [-0.05, 0) is 53.2 Å². The van der Waals surface area contributed by atoms with Crippen molar-refractivity contribution in [3.05, 3.63) is 66.0 Å². The molecule has 3 aromatic rings. The fraction of sp³-hybridized carbons (Fsp3) is 0.158. The highest BCUT2D eigenvalue weighted by Gasteiger charge is 2.13. The van der Waals surface area contributed by atoms with E-state index in [1.54, 1.807) is 31.2 Å². The van der Waals surface area contributed by atoms with Gasteiger partial charge in [-0.2, -0.15) is 9.78 Å². The monoisotopic (exact) mass is 541 g/mol. The van der Waals surface area contributed by atoms with Crippen LogP contribution in [0.5, 0.6) is 5.75 Å². The maximum Gasteiger partial charge on any atom is 0.343 e. The van der Waals surface area contributed by atoms with E-state index in [9.17, 15) is 9.59 Å². The number of rotatable bonds is 5. The molecule has 29 heavy (non-hydrogen) atoms. The van der Waals surface area contributed by atoms with Crippen LogP contribution < -0.4 is 10.3 Å². The third-order valence-corrected chi connectivity index (χ3v) is 5.18. The summed E-state index contributed by atoms with van der Waals surface area (Å²) in [6.07, 6.45) is 1.42. The highest BCUT2D eigenvalue weighted by molar-refractivity contribution is 9.10. The van der Waals surface area contributed by atoms with E-state index in [2.05, 4.69) is 46.7 Å². The molecule has 0 amide bonds.